The maximum Gasteiger partial charge on any atom is 0.387 e. The average Bonchev–Trinajstić information content (AvgIpc) is 2.45. The highest BCUT2D eigenvalue weighted by Crippen LogP contribution is 2.16. The van der Waals surface area contributed by atoms with Crippen LogP contribution in [0.25, 0.3) is 0 Å². The van der Waals surface area contributed by atoms with Crippen molar-refractivity contribution in [3.63, 3.8) is 0 Å². The van der Waals surface area contributed by atoms with Crippen LogP contribution in [0.3, 0.4) is 0 Å². The lowest BCUT2D eigenvalue weighted by Gasteiger charge is -2.27. The van der Waals surface area contributed by atoms with E-state index in [1.54, 1.807) is 12.1 Å². The quantitative estimate of drug-likeness (QED) is 0.682. The van der Waals surface area contributed by atoms with Crippen LogP contribution in [0.4, 0.5) is 8.78 Å². The first-order valence-corrected chi connectivity index (χ1v) is 6.74. The predicted octanol–water partition coefficient (Wildman–Crippen LogP) is 2.59. The third-order valence-electron chi connectivity index (χ3n) is 3.23. The molecule has 4 nitrogen and oxygen atoms in total. The van der Waals surface area contributed by atoms with Gasteiger partial charge in [-0.15, -0.1) is 0 Å². The number of guanidine groups is 1. The number of aliphatic imine (C=N–C) groups is 1. The predicted molar refractivity (Wildman–Crippen MR) is 73.8 cm³/mol. The highest BCUT2D eigenvalue weighted by Gasteiger charge is 2.11. The summed E-state index contributed by atoms with van der Waals surface area (Å²) in [7, 11) is 0. The molecule has 2 N–H and O–H groups in total. The fourth-order valence-corrected chi connectivity index (χ4v) is 2.22. The molecule has 1 aromatic carbocycles. The van der Waals surface area contributed by atoms with Crippen molar-refractivity contribution in [2.45, 2.75) is 32.4 Å². The van der Waals surface area contributed by atoms with Crippen LogP contribution in [0, 0.1) is 0 Å². The topological polar surface area (TPSA) is 50.9 Å². The fraction of sp³-hybridized carbons (Fsp3) is 0.500. The lowest BCUT2D eigenvalue weighted by molar-refractivity contribution is -0.0498. The molecule has 0 saturated carbocycles. The molecular weight excluding hydrogens is 264 g/mol. The van der Waals surface area contributed by atoms with Gasteiger partial charge in [0.25, 0.3) is 0 Å². The summed E-state index contributed by atoms with van der Waals surface area (Å²) in [5.74, 6) is 0.661. The van der Waals surface area contributed by atoms with E-state index < -0.39 is 6.61 Å². The first kappa shape index (κ1) is 14.6. The lowest BCUT2D eigenvalue weighted by Crippen LogP contribution is -2.40. The smallest absolute Gasteiger partial charge is 0.387 e. The summed E-state index contributed by atoms with van der Waals surface area (Å²) in [6.45, 7) is -0.580. The molecule has 0 atom stereocenters. The molecule has 0 unspecified atom stereocenters. The summed E-state index contributed by atoms with van der Waals surface area (Å²) in [5.41, 5.74) is 6.73. The van der Waals surface area contributed by atoms with Crippen LogP contribution in [-0.2, 0) is 6.54 Å². The molecule has 1 fully saturated rings. The summed E-state index contributed by atoms with van der Waals surface area (Å²) in [6.07, 6.45) is 3.50. The molecule has 1 heterocycles. The summed E-state index contributed by atoms with van der Waals surface area (Å²) in [4.78, 5) is 6.37. The molecule has 110 valence electrons. The first-order valence-electron chi connectivity index (χ1n) is 6.74. The maximum atomic E-state index is 12.1. The number of benzene rings is 1. The van der Waals surface area contributed by atoms with Crippen molar-refractivity contribution in [3.05, 3.63) is 29.8 Å². The molecule has 0 amide bonds. The molecule has 0 radical (unpaired) electrons. The zero-order valence-corrected chi connectivity index (χ0v) is 11.3. The van der Waals surface area contributed by atoms with E-state index in [0.29, 0.717) is 12.5 Å². The van der Waals surface area contributed by atoms with Crippen LogP contribution in [0.1, 0.15) is 24.8 Å². The SMILES string of the molecule is NC(=NCc1cccc(OC(F)F)c1)N1CCCCC1. The van der Waals surface area contributed by atoms with E-state index in [0.717, 1.165) is 31.5 Å². The van der Waals surface area contributed by atoms with Crippen molar-refractivity contribution in [1.82, 2.24) is 4.90 Å². The van der Waals surface area contributed by atoms with Crippen molar-refractivity contribution in [2.75, 3.05) is 13.1 Å². The molecule has 0 aliphatic carbocycles. The molecule has 1 aliphatic heterocycles. The molecule has 20 heavy (non-hydrogen) atoms. The van der Waals surface area contributed by atoms with E-state index in [4.69, 9.17) is 5.73 Å². The van der Waals surface area contributed by atoms with Crippen molar-refractivity contribution in [2.24, 2.45) is 10.7 Å². The Kier molecular flexibility index (Phi) is 5.15. The lowest BCUT2D eigenvalue weighted by atomic mass is 10.1. The second kappa shape index (κ2) is 7.07. The van der Waals surface area contributed by atoms with Crippen LogP contribution in [0.2, 0.25) is 0 Å². The Labute approximate surface area is 117 Å². The Balaban J connectivity index is 1.95. The third kappa shape index (κ3) is 4.36. The number of likely N-dealkylation sites (tertiary alicyclic amines) is 1. The van der Waals surface area contributed by atoms with Gasteiger partial charge in [0.2, 0.25) is 0 Å². The molecular formula is C14H19F2N3O. The van der Waals surface area contributed by atoms with Gasteiger partial charge in [0.05, 0.1) is 6.54 Å². The van der Waals surface area contributed by atoms with Crippen LogP contribution in [0.15, 0.2) is 29.3 Å². The van der Waals surface area contributed by atoms with Gasteiger partial charge < -0.3 is 15.4 Å². The van der Waals surface area contributed by atoms with Gasteiger partial charge in [0, 0.05) is 13.1 Å². The minimum absolute atomic E-state index is 0.143. The van der Waals surface area contributed by atoms with Crippen LogP contribution >= 0.6 is 0 Å². The van der Waals surface area contributed by atoms with Crippen LogP contribution < -0.4 is 10.5 Å². The molecule has 1 aliphatic rings. The van der Waals surface area contributed by atoms with Gasteiger partial charge in [-0.25, -0.2) is 4.99 Å². The average molecular weight is 283 g/mol. The summed E-state index contributed by atoms with van der Waals surface area (Å²) >= 11 is 0. The number of nitrogens with two attached hydrogens (primary N) is 1. The van der Waals surface area contributed by atoms with Crippen LogP contribution in [-0.4, -0.2) is 30.6 Å². The second-order valence-corrected chi connectivity index (χ2v) is 4.75. The second-order valence-electron chi connectivity index (χ2n) is 4.75. The summed E-state index contributed by atoms with van der Waals surface area (Å²) in [5, 5.41) is 0. The van der Waals surface area contributed by atoms with Crippen molar-refractivity contribution in [1.29, 1.82) is 0 Å². The van der Waals surface area contributed by atoms with E-state index in [9.17, 15) is 8.78 Å². The Morgan fingerprint density at radius 2 is 2.05 bits per heavy atom. The number of nitrogens with zero attached hydrogens (tertiary/aromatic N) is 2. The van der Waals surface area contributed by atoms with Crippen LogP contribution in [0.5, 0.6) is 5.75 Å². The number of ether oxygens (including phenoxy) is 1. The van der Waals surface area contributed by atoms with E-state index >= 15 is 0 Å². The van der Waals surface area contributed by atoms with Gasteiger partial charge in [-0.05, 0) is 37.0 Å². The van der Waals surface area contributed by atoms with Gasteiger partial charge in [-0.2, -0.15) is 8.78 Å². The normalized spacial score (nSPS) is 16.6. The first-order chi connectivity index (χ1) is 9.65. The van der Waals surface area contributed by atoms with Gasteiger partial charge >= 0.3 is 6.61 Å². The number of halogens is 2. The van der Waals surface area contributed by atoms with E-state index in [2.05, 4.69) is 14.6 Å². The molecule has 1 saturated heterocycles. The Hall–Kier alpha value is -1.85. The number of alkyl halides is 2. The fourth-order valence-electron chi connectivity index (χ4n) is 2.22. The van der Waals surface area contributed by atoms with Crippen molar-refractivity contribution in [3.8, 4) is 5.75 Å². The van der Waals surface area contributed by atoms with Crippen molar-refractivity contribution >= 4 is 5.96 Å². The third-order valence-corrected chi connectivity index (χ3v) is 3.23. The Bertz CT molecular complexity index is 459. The molecule has 0 spiro atoms. The minimum Gasteiger partial charge on any atom is -0.435 e. The molecule has 1 aromatic rings. The molecule has 0 aromatic heterocycles. The van der Waals surface area contributed by atoms with E-state index in [1.165, 1.54) is 12.5 Å². The summed E-state index contributed by atoms with van der Waals surface area (Å²) < 4.78 is 28.6. The van der Waals surface area contributed by atoms with Gasteiger partial charge in [0.15, 0.2) is 5.96 Å². The highest BCUT2D eigenvalue weighted by atomic mass is 19.3. The zero-order valence-electron chi connectivity index (χ0n) is 11.3. The van der Waals surface area contributed by atoms with E-state index in [-0.39, 0.29) is 5.75 Å². The number of hydrogen-bond donors (Lipinski definition) is 1. The monoisotopic (exact) mass is 283 g/mol. The standard InChI is InChI=1S/C14H19F2N3O/c15-13(16)20-12-6-4-5-11(9-12)10-18-14(17)19-7-2-1-3-8-19/h4-6,9,13H,1-3,7-8,10H2,(H2,17,18). The minimum atomic E-state index is -2.81. The van der Waals surface area contributed by atoms with E-state index in [1.807, 2.05) is 6.07 Å². The number of piperidine rings is 1. The Morgan fingerprint density at radius 1 is 1.30 bits per heavy atom. The highest BCUT2D eigenvalue weighted by molar-refractivity contribution is 5.78. The molecule has 0 bridgehead atoms. The van der Waals surface area contributed by atoms with Crippen molar-refractivity contribution < 1.29 is 13.5 Å². The number of hydrogen-bond acceptors (Lipinski definition) is 2. The van der Waals surface area contributed by atoms with Gasteiger partial charge in [-0.1, -0.05) is 12.1 Å². The van der Waals surface area contributed by atoms with Gasteiger partial charge in [0.1, 0.15) is 5.75 Å². The Morgan fingerprint density at radius 3 is 2.75 bits per heavy atom. The number of rotatable bonds is 4. The molecule has 6 heteroatoms. The summed E-state index contributed by atoms with van der Waals surface area (Å²) in [6, 6.07) is 6.53. The largest absolute Gasteiger partial charge is 0.435 e. The van der Waals surface area contributed by atoms with Gasteiger partial charge in [-0.3, -0.25) is 0 Å². The molecule has 2 rings (SSSR count). The maximum absolute atomic E-state index is 12.1. The zero-order chi connectivity index (χ0) is 14.4.